The average molecular weight is 416 g/mol. The Morgan fingerprint density at radius 2 is 1.55 bits per heavy atom. The molecule has 1 amide bonds. The number of halogens is 1. The molecular weight excluding hydrogens is 389 g/mol. The van der Waals surface area contributed by atoms with E-state index in [-0.39, 0.29) is 17.8 Å². The van der Waals surface area contributed by atoms with Crippen molar-refractivity contribution >= 4 is 11.6 Å². The molecule has 5 rings (SSSR count). The summed E-state index contributed by atoms with van der Waals surface area (Å²) in [6.45, 7) is 5.50. The Hall–Kier alpha value is -3.02. The van der Waals surface area contributed by atoms with E-state index in [1.165, 1.54) is 28.3 Å². The zero-order chi connectivity index (χ0) is 21.4. The number of rotatable bonds is 4. The number of amides is 1. The quantitative estimate of drug-likeness (QED) is 0.683. The maximum Gasteiger partial charge on any atom is 0.238 e. The van der Waals surface area contributed by atoms with E-state index in [1.807, 2.05) is 0 Å². The molecule has 158 valence electrons. The molecule has 0 unspecified atom stereocenters. The second-order valence-electron chi connectivity index (χ2n) is 8.40. The largest absolute Gasteiger partial charge is 0.325 e. The van der Waals surface area contributed by atoms with Crippen LogP contribution in [-0.4, -0.2) is 48.4 Å². The monoisotopic (exact) mass is 415 g/mol. The second kappa shape index (κ2) is 8.25. The topological polar surface area (TPSA) is 35.6 Å². The third-order valence-electron chi connectivity index (χ3n) is 6.40. The molecular formula is C26H26FN3O. The van der Waals surface area contributed by atoms with Crippen LogP contribution in [0.2, 0.25) is 0 Å². The fourth-order valence-electron chi connectivity index (χ4n) is 4.78. The van der Waals surface area contributed by atoms with Gasteiger partial charge in [-0.25, -0.2) is 4.39 Å². The smallest absolute Gasteiger partial charge is 0.238 e. The predicted octanol–water partition coefficient (Wildman–Crippen LogP) is 4.46. The summed E-state index contributed by atoms with van der Waals surface area (Å²) in [5.74, 6) is -0.406. The zero-order valence-corrected chi connectivity index (χ0v) is 17.6. The minimum atomic E-state index is -0.302. The molecule has 3 aromatic rings. The van der Waals surface area contributed by atoms with Gasteiger partial charge in [0, 0.05) is 31.9 Å². The first-order valence-electron chi connectivity index (χ1n) is 10.8. The van der Waals surface area contributed by atoms with Gasteiger partial charge in [-0.2, -0.15) is 0 Å². The molecule has 3 aromatic carbocycles. The first kappa shape index (κ1) is 19.9. The molecule has 1 fully saturated rings. The Morgan fingerprint density at radius 1 is 0.935 bits per heavy atom. The zero-order valence-electron chi connectivity index (χ0n) is 17.6. The lowest BCUT2D eigenvalue weighted by molar-refractivity contribution is -0.117. The van der Waals surface area contributed by atoms with E-state index >= 15 is 0 Å². The van der Waals surface area contributed by atoms with Gasteiger partial charge in [-0.3, -0.25) is 14.6 Å². The van der Waals surface area contributed by atoms with E-state index in [9.17, 15) is 9.18 Å². The molecule has 31 heavy (non-hydrogen) atoms. The Morgan fingerprint density at radius 3 is 2.16 bits per heavy atom. The van der Waals surface area contributed by atoms with Gasteiger partial charge in [0.2, 0.25) is 5.91 Å². The molecule has 0 atom stereocenters. The molecule has 0 aromatic heterocycles. The summed E-state index contributed by atoms with van der Waals surface area (Å²) < 4.78 is 13.7. The van der Waals surface area contributed by atoms with Crippen molar-refractivity contribution in [2.24, 2.45) is 0 Å². The maximum absolute atomic E-state index is 13.7. The summed E-state index contributed by atoms with van der Waals surface area (Å²) in [4.78, 5) is 17.1. The minimum Gasteiger partial charge on any atom is -0.325 e. The highest BCUT2D eigenvalue weighted by atomic mass is 19.1. The highest BCUT2D eigenvalue weighted by Gasteiger charge is 2.34. The van der Waals surface area contributed by atoms with Gasteiger partial charge >= 0.3 is 0 Å². The van der Waals surface area contributed by atoms with Crippen LogP contribution in [0.5, 0.6) is 0 Å². The van der Waals surface area contributed by atoms with E-state index in [4.69, 9.17) is 0 Å². The SMILES string of the molecule is Cc1ccc(NC(=O)CN2CCN(C3c4ccccc4-c4ccccc43)CC2)cc1F. The van der Waals surface area contributed by atoms with Crippen molar-refractivity contribution in [3.05, 3.63) is 89.2 Å². The van der Waals surface area contributed by atoms with Crippen LogP contribution < -0.4 is 5.32 Å². The van der Waals surface area contributed by atoms with Crippen LogP contribution in [-0.2, 0) is 4.79 Å². The third-order valence-corrected chi connectivity index (χ3v) is 6.40. The number of anilines is 1. The van der Waals surface area contributed by atoms with Crippen molar-refractivity contribution in [1.82, 2.24) is 9.80 Å². The number of carbonyl (C=O) groups excluding carboxylic acids is 1. The van der Waals surface area contributed by atoms with Crippen LogP contribution in [0.25, 0.3) is 11.1 Å². The van der Waals surface area contributed by atoms with E-state index in [0.29, 0.717) is 17.8 Å². The van der Waals surface area contributed by atoms with Crippen molar-refractivity contribution in [3.8, 4) is 11.1 Å². The van der Waals surface area contributed by atoms with Crippen LogP contribution in [0.1, 0.15) is 22.7 Å². The summed E-state index contributed by atoms with van der Waals surface area (Å²) in [6, 6.07) is 22.4. The Balaban J connectivity index is 1.23. The number of piperazine rings is 1. The lowest BCUT2D eigenvalue weighted by Gasteiger charge is -2.38. The molecule has 0 saturated carbocycles. The number of nitrogens with one attached hydrogen (secondary N) is 1. The summed E-state index contributed by atoms with van der Waals surface area (Å²) in [5, 5.41) is 2.82. The number of aryl methyl sites for hydroxylation is 1. The van der Waals surface area contributed by atoms with Gasteiger partial charge in [0.15, 0.2) is 0 Å². The third kappa shape index (κ3) is 3.87. The molecule has 1 aliphatic heterocycles. The van der Waals surface area contributed by atoms with Gasteiger partial charge in [0.25, 0.3) is 0 Å². The minimum absolute atomic E-state index is 0.103. The highest BCUT2D eigenvalue weighted by Crippen LogP contribution is 2.46. The number of fused-ring (bicyclic) bond motifs is 3. The molecule has 0 radical (unpaired) electrons. The number of nitrogens with zero attached hydrogens (tertiary/aromatic N) is 2. The van der Waals surface area contributed by atoms with Crippen molar-refractivity contribution in [3.63, 3.8) is 0 Å². The van der Waals surface area contributed by atoms with Gasteiger partial charge < -0.3 is 5.32 Å². The summed E-state index contributed by atoms with van der Waals surface area (Å²) >= 11 is 0. The van der Waals surface area contributed by atoms with E-state index in [1.54, 1.807) is 19.1 Å². The van der Waals surface area contributed by atoms with Crippen LogP contribution in [0.4, 0.5) is 10.1 Å². The van der Waals surface area contributed by atoms with Crippen LogP contribution in [0.3, 0.4) is 0 Å². The van der Waals surface area contributed by atoms with Crippen LogP contribution >= 0.6 is 0 Å². The lowest BCUT2D eigenvalue weighted by Crippen LogP contribution is -2.49. The van der Waals surface area contributed by atoms with Crippen molar-refractivity contribution in [2.75, 3.05) is 38.0 Å². The van der Waals surface area contributed by atoms with E-state index in [2.05, 4.69) is 63.6 Å². The molecule has 5 heteroatoms. The first-order valence-corrected chi connectivity index (χ1v) is 10.8. The fourth-order valence-corrected chi connectivity index (χ4v) is 4.78. The Labute approximate surface area is 182 Å². The summed E-state index contributed by atoms with van der Waals surface area (Å²) in [5.41, 5.74) is 6.48. The lowest BCUT2D eigenvalue weighted by atomic mass is 10.0. The molecule has 4 nitrogen and oxygen atoms in total. The number of carbonyl (C=O) groups is 1. The normalized spacial score (nSPS) is 16.7. The maximum atomic E-state index is 13.7. The molecule has 2 aliphatic rings. The average Bonchev–Trinajstić information content (AvgIpc) is 3.11. The number of hydrogen-bond acceptors (Lipinski definition) is 3. The molecule has 0 spiro atoms. The predicted molar refractivity (Wildman–Crippen MR) is 122 cm³/mol. The van der Waals surface area contributed by atoms with Crippen LogP contribution in [0, 0.1) is 12.7 Å². The molecule has 1 heterocycles. The molecule has 0 bridgehead atoms. The van der Waals surface area contributed by atoms with Crippen LogP contribution in [0.15, 0.2) is 66.7 Å². The van der Waals surface area contributed by atoms with Gasteiger partial charge in [0.05, 0.1) is 12.6 Å². The van der Waals surface area contributed by atoms with Crippen molar-refractivity contribution < 1.29 is 9.18 Å². The Kier molecular flexibility index (Phi) is 5.30. The molecule has 1 saturated heterocycles. The van der Waals surface area contributed by atoms with Gasteiger partial charge in [-0.1, -0.05) is 54.6 Å². The van der Waals surface area contributed by atoms with E-state index in [0.717, 1.165) is 26.2 Å². The van der Waals surface area contributed by atoms with E-state index < -0.39 is 0 Å². The number of benzene rings is 3. The van der Waals surface area contributed by atoms with Crippen molar-refractivity contribution in [1.29, 1.82) is 0 Å². The van der Waals surface area contributed by atoms with Gasteiger partial charge in [-0.05, 0) is 46.9 Å². The standard InChI is InChI=1S/C26H26FN3O/c1-18-10-11-19(16-24(18)27)28-25(31)17-29-12-14-30(15-13-29)26-22-8-4-2-6-20(22)21-7-3-5-9-23(21)26/h2-11,16,26H,12-15,17H2,1H3,(H,28,31). The van der Waals surface area contributed by atoms with Crippen molar-refractivity contribution in [2.45, 2.75) is 13.0 Å². The number of hydrogen-bond donors (Lipinski definition) is 1. The Bertz CT molecular complexity index is 1080. The molecule has 1 N–H and O–H groups in total. The second-order valence-corrected chi connectivity index (χ2v) is 8.40. The fraction of sp³-hybridized carbons (Fsp3) is 0.269. The summed E-state index contributed by atoms with van der Waals surface area (Å²) in [7, 11) is 0. The summed E-state index contributed by atoms with van der Waals surface area (Å²) in [6.07, 6.45) is 0. The van der Waals surface area contributed by atoms with Gasteiger partial charge in [0.1, 0.15) is 5.82 Å². The first-order chi connectivity index (χ1) is 15.1. The highest BCUT2D eigenvalue weighted by molar-refractivity contribution is 5.92. The van der Waals surface area contributed by atoms with Gasteiger partial charge in [-0.15, -0.1) is 0 Å². The molecule has 1 aliphatic carbocycles.